The molecule has 2 N–H and O–H groups in total. The highest BCUT2D eigenvalue weighted by Gasteiger charge is 2.22. The van der Waals surface area contributed by atoms with Crippen molar-refractivity contribution in [3.8, 4) is 11.5 Å². The zero-order valence-corrected chi connectivity index (χ0v) is 18.4. The van der Waals surface area contributed by atoms with Crippen molar-refractivity contribution in [1.82, 2.24) is 15.2 Å². The maximum absolute atomic E-state index is 12.8. The molecule has 0 aliphatic carbocycles. The van der Waals surface area contributed by atoms with Crippen molar-refractivity contribution in [3.05, 3.63) is 59.3 Å². The molecular formula is C25H31N3O3. The minimum absolute atomic E-state index is 0.185. The summed E-state index contributed by atoms with van der Waals surface area (Å²) in [5.41, 5.74) is 4.75. The lowest BCUT2D eigenvalue weighted by atomic mass is 10.0. The number of carbonyl (C=O) groups excluding carboxylic acids is 1. The van der Waals surface area contributed by atoms with Gasteiger partial charge in [-0.25, -0.2) is 0 Å². The topological polar surface area (TPSA) is 66.6 Å². The second kappa shape index (κ2) is 9.88. The molecule has 2 aromatic carbocycles. The van der Waals surface area contributed by atoms with E-state index in [1.54, 1.807) is 14.2 Å². The van der Waals surface area contributed by atoms with Crippen LogP contribution in [0.15, 0.2) is 42.6 Å². The number of hydrogen-bond donors (Lipinski definition) is 2. The number of ether oxygens (including phenoxy) is 2. The van der Waals surface area contributed by atoms with E-state index in [4.69, 9.17) is 9.47 Å². The number of nitrogens with one attached hydrogen (secondary N) is 2. The Hall–Kier alpha value is -2.99. The molecule has 1 aliphatic heterocycles. The molecule has 0 bridgehead atoms. The average Bonchev–Trinajstić information content (AvgIpc) is 3.14. The first-order valence-electron chi connectivity index (χ1n) is 11.0. The lowest BCUT2D eigenvalue weighted by Crippen LogP contribution is -2.34. The van der Waals surface area contributed by atoms with Gasteiger partial charge < -0.3 is 24.7 Å². The van der Waals surface area contributed by atoms with E-state index in [-0.39, 0.29) is 5.91 Å². The smallest absolute Gasteiger partial charge is 0.227 e. The molecule has 6 heteroatoms. The molecule has 0 saturated carbocycles. The molecule has 0 fully saturated rings. The van der Waals surface area contributed by atoms with Crippen LogP contribution in [0.1, 0.15) is 23.1 Å². The van der Waals surface area contributed by atoms with Gasteiger partial charge in [0.25, 0.3) is 0 Å². The fourth-order valence-electron chi connectivity index (χ4n) is 4.33. The van der Waals surface area contributed by atoms with E-state index in [1.807, 2.05) is 17.0 Å². The predicted octanol–water partition coefficient (Wildman–Crippen LogP) is 3.33. The fraction of sp³-hybridized carbons (Fsp3) is 0.400. The highest BCUT2D eigenvalue weighted by Crippen LogP contribution is 2.32. The molecule has 2 heterocycles. The molecule has 0 atom stereocenters. The van der Waals surface area contributed by atoms with Crippen molar-refractivity contribution in [3.63, 3.8) is 0 Å². The third kappa shape index (κ3) is 4.85. The largest absolute Gasteiger partial charge is 0.493 e. The summed E-state index contributed by atoms with van der Waals surface area (Å²) in [6, 6.07) is 12.4. The molecule has 164 valence electrons. The van der Waals surface area contributed by atoms with Crippen LogP contribution in [0.3, 0.4) is 0 Å². The van der Waals surface area contributed by atoms with Crippen LogP contribution in [0, 0.1) is 0 Å². The van der Waals surface area contributed by atoms with Crippen molar-refractivity contribution in [1.29, 1.82) is 0 Å². The Morgan fingerprint density at radius 2 is 1.84 bits per heavy atom. The third-order valence-electron chi connectivity index (χ3n) is 6.08. The van der Waals surface area contributed by atoms with E-state index >= 15 is 0 Å². The fourth-order valence-corrected chi connectivity index (χ4v) is 4.33. The van der Waals surface area contributed by atoms with Gasteiger partial charge in [-0.15, -0.1) is 0 Å². The summed E-state index contributed by atoms with van der Waals surface area (Å²) in [6.07, 6.45) is 5.30. The van der Waals surface area contributed by atoms with E-state index in [0.717, 1.165) is 56.8 Å². The number of fused-ring (bicyclic) bond motifs is 2. The first kappa shape index (κ1) is 21.2. The lowest BCUT2D eigenvalue weighted by molar-refractivity contribution is -0.130. The Morgan fingerprint density at radius 3 is 2.65 bits per heavy atom. The Morgan fingerprint density at radius 1 is 1.06 bits per heavy atom. The van der Waals surface area contributed by atoms with Gasteiger partial charge in [0.1, 0.15) is 0 Å². The molecule has 1 aliphatic rings. The zero-order valence-electron chi connectivity index (χ0n) is 18.4. The van der Waals surface area contributed by atoms with Crippen LogP contribution >= 0.6 is 0 Å². The summed E-state index contributed by atoms with van der Waals surface area (Å²) in [7, 11) is 3.27. The Balaban J connectivity index is 1.23. The van der Waals surface area contributed by atoms with Crippen molar-refractivity contribution in [2.45, 2.75) is 25.7 Å². The number of carbonyl (C=O) groups is 1. The zero-order chi connectivity index (χ0) is 21.6. The van der Waals surface area contributed by atoms with Gasteiger partial charge in [0.15, 0.2) is 11.5 Å². The summed E-state index contributed by atoms with van der Waals surface area (Å²) in [4.78, 5) is 18.1. The minimum atomic E-state index is 0.185. The second-order valence-corrected chi connectivity index (χ2v) is 8.00. The number of methoxy groups -OCH3 is 2. The van der Waals surface area contributed by atoms with E-state index in [0.29, 0.717) is 12.2 Å². The van der Waals surface area contributed by atoms with Crippen LogP contribution in [-0.2, 0) is 24.1 Å². The maximum atomic E-state index is 12.8. The van der Waals surface area contributed by atoms with Crippen LogP contribution in [-0.4, -0.2) is 56.2 Å². The van der Waals surface area contributed by atoms with E-state index in [9.17, 15) is 4.79 Å². The van der Waals surface area contributed by atoms with Gasteiger partial charge in [-0.3, -0.25) is 4.79 Å². The number of rotatable bonds is 9. The van der Waals surface area contributed by atoms with Crippen LogP contribution in [0.5, 0.6) is 11.5 Å². The van der Waals surface area contributed by atoms with Crippen molar-refractivity contribution in [2.75, 3.05) is 40.4 Å². The molecule has 0 spiro atoms. The normalized spacial score (nSPS) is 13.9. The summed E-state index contributed by atoms with van der Waals surface area (Å²) in [6.45, 7) is 3.36. The number of H-pyrrole nitrogens is 1. The van der Waals surface area contributed by atoms with E-state index in [1.165, 1.54) is 22.0 Å². The van der Waals surface area contributed by atoms with Crippen molar-refractivity contribution >= 4 is 16.8 Å². The highest BCUT2D eigenvalue weighted by atomic mass is 16.5. The molecule has 1 amide bonds. The van der Waals surface area contributed by atoms with Crippen LogP contribution in [0.4, 0.5) is 0 Å². The number of aromatic amines is 1. The Kier molecular flexibility index (Phi) is 6.77. The molecule has 0 radical (unpaired) electrons. The number of hydrogen-bond acceptors (Lipinski definition) is 4. The first-order valence-corrected chi connectivity index (χ1v) is 11.0. The van der Waals surface area contributed by atoms with Gasteiger partial charge in [0.05, 0.1) is 20.6 Å². The van der Waals surface area contributed by atoms with Crippen molar-refractivity contribution in [2.24, 2.45) is 0 Å². The molecular weight excluding hydrogens is 390 g/mol. The standard InChI is InChI=1S/C25H31N3O3/c1-30-23-14-18-9-13-28(25(29)16-20(18)15-24(23)31-2)12-5-10-26-11-8-19-17-27-22-7-4-3-6-21(19)22/h3-4,6-7,14-15,17,26-27H,5,8-13,16H2,1-2H3. The molecule has 0 unspecified atom stereocenters. The monoisotopic (exact) mass is 421 g/mol. The first-order chi connectivity index (χ1) is 15.2. The van der Waals surface area contributed by atoms with E-state index < -0.39 is 0 Å². The maximum Gasteiger partial charge on any atom is 0.227 e. The number of nitrogens with zero attached hydrogens (tertiary/aromatic N) is 1. The molecule has 3 aromatic rings. The third-order valence-corrected chi connectivity index (χ3v) is 6.08. The van der Waals surface area contributed by atoms with Gasteiger partial charge in [-0.2, -0.15) is 0 Å². The summed E-state index contributed by atoms with van der Waals surface area (Å²) < 4.78 is 10.8. The van der Waals surface area contributed by atoms with Crippen LogP contribution in [0.2, 0.25) is 0 Å². The molecule has 0 saturated heterocycles. The SMILES string of the molecule is COc1cc2c(cc1OC)CC(=O)N(CCCNCCc1c[nH]c3ccccc13)CC2. The molecule has 31 heavy (non-hydrogen) atoms. The summed E-state index contributed by atoms with van der Waals surface area (Å²) in [5.74, 6) is 1.59. The lowest BCUT2D eigenvalue weighted by Gasteiger charge is -2.20. The van der Waals surface area contributed by atoms with Gasteiger partial charge in [0.2, 0.25) is 5.91 Å². The summed E-state index contributed by atoms with van der Waals surface area (Å²) in [5, 5.41) is 4.82. The van der Waals surface area contributed by atoms with Gasteiger partial charge in [-0.1, -0.05) is 18.2 Å². The Labute approximate surface area is 183 Å². The molecule has 6 nitrogen and oxygen atoms in total. The Bertz CT molecular complexity index is 1040. The van der Waals surface area contributed by atoms with Gasteiger partial charge in [-0.05, 0) is 67.2 Å². The average molecular weight is 422 g/mol. The molecule has 1 aromatic heterocycles. The van der Waals surface area contributed by atoms with Gasteiger partial charge >= 0.3 is 0 Å². The summed E-state index contributed by atoms with van der Waals surface area (Å²) >= 11 is 0. The molecule has 4 rings (SSSR count). The van der Waals surface area contributed by atoms with Crippen LogP contribution < -0.4 is 14.8 Å². The van der Waals surface area contributed by atoms with Crippen LogP contribution in [0.25, 0.3) is 10.9 Å². The van der Waals surface area contributed by atoms with E-state index in [2.05, 4.69) is 40.8 Å². The predicted molar refractivity (Wildman–Crippen MR) is 123 cm³/mol. The number of aromatic nitrogens is 1. The quantitative estimate of drug-likeness (QED) is 0.520. The number of amides is 1. The highest BCUT2D eigenvalue weighted by molar-refractivity contribution is 5.83. The van der Waals surface area contributed by atoms with Gasteiger partial charge in [0, 0.05) is 30.2 Å². The minimum Gasteiger partial charge on any atom is -0.493 e. The van der Waals surface area contributed by atoms with Crippen molar-refractivity contribution < 1.29 is 14.3 Å². The number of para-hydroxylation sites is 1. The number of benzene rings is 2. The second-order valence-electron chi connectivity index (χ2n) is 8.00.